The summed E-state index contributed by atoms with van der Waals surface area (Å²) in [6, 6.07) is 4.62. The van der Waals surface area contributed by atoms with Crippen LogP contribution in [0.15, 0.2) is 18.2 Å². The van der Waals surface area contributed by atoms with E-state index in [1.807, 2.05) is 20.8 Å². The van der Waals surface area contributed by atoms with Crippen LogP contribution in [0.25, 0.3) is 0 Å². The van der Waals surface area contributed by atoms with E-state index in [4.69, 9.17) is 0 Å². The minimum Gasteiger partial charge on any atom is -0.507 e. The third-order valence-electron chi connectivity index (χ3n) is 2.71. The summed E-state index contributed by atoms with van der Waals surface area (Å²) in [5.41, 5.74) is 1.13. The molecule has 18 heavy (non-hydrogen) atoms. The molecule has 0 saturated heterocycles. The van der Waals surface area contributed by atoms with E-state index in [0.29, 0.717) is 12.3 Å². The molecule has 1 aromatic rings. The number of hydrogen-bond donors (Lipinski definition) is 3. The lowest BCUT2D eigenvalue weighted by molar-refractivity contribution is 0.0905. The fraction of sp³-hybridized carbons (Fsp3) is 0.500. The molecule has 0 aliphatic heterocycles. The predicted octanol–water partition coefficient (Wildman–Crippen LogP) is 1.84. The molecule has 1 unspecified atom stereocenters. The monoisotopic (exact) mass is 251 g/mol. The fourth-order valence-corrected chi connectivity index (χ4v) is 1.84. The third-order valence-corrected chi connectivity index (χ3v) is 2.71. The summed E-state index contributed by atoms with van der Waals surface area (Å²) in [5, 5.41) is 21.6. The van der Waals surface area contributed by atoms with Gasteiger partial charge in [-0.2, -0.15) is 0 Å². The van der Waals surface area contributed by atoms with Crippen molar-refractivity contribution in [3.05, 3.63) is 29.3 Å². The molecule has 0 bridgehead atoms. The zero-order valence-corrected chi connectivity index (χ0v) is 11.1. The Hall–Kier alpha value is -1.55. The highest BCUT2D eigenvalue weighted by molar-refractivity contribution is 5.97. The van der Waals surface area contributed by atoms with Gasteiger partial charge < -0.3 is 15.5 Å². The van der Waals surface area contributed by atoms with Gasteiger partial charge in [0.2, 0.25) is 0 Å². The highest BCUT2D eigenvalue weighted by atomic mass is 16.3. The van der Waals surface area contributed by atoms with E-state index in [-0.39, 0.29) is 29.9 Å². The first-order valence-electron chi connectivity index (χ1n) is 6.15. The van der Waals surface area contributed by atoms with Gasteiger partial charge in [-0.15, -0.1) is 0 Å². The zero-order valence-electron chi connectivity index (χ0n) is 11.1. The van der Waals surface area contributed by atoms with Gasteiger partial charge in [-0.05, 0) is 37.0 Å². The second-order valence-corrected chi connectivity index (χ2v) is 5.00. The van der Waals surface area contributed by atoms with Gasteiger partial charge in [0.05, 0.1) is 18.2 Å². The third kappa shape index (κ3) is 4.04. The number of amides is 1. The first-order chi connectivity index (χ1) is 8.43. The summed E-state index contributed by atoms with van der Waals surface area (Å²) in [6.07, 6.45) is 0.703. The van der Waals surface area contributed by atoms with E-state index in [2.05, 4.69) is 5.32 Å². The van der Waals surface area contributed by atoms with Crippen LogP contribution in [0.1, 0.15) is 36.2 Å². The van der Waals surface area contributed by atoms with Crippen LogP contribution in [0.4, 0.5) is 0 Å². The molecule has 0 aliphatic carbocycles. The van der Waals surface area contributed by atoms with Gasteiger partial charge in [-0.25, -0.2) is 0 Å². The van der Waals surface area contributed by atoms with Crippen LogP contribution >= 0.6 is 0 Å². The lowest BCUT2D eigenvalue weighted by Gasteiger charge is -2.18. The van der Waals surface area contributed by atoms with Crippen molar-refractivity contribution in [2.75, 3.05) is 6.61 Å². The summed E-state index contributed by atoms with van der Waals surface area (Å²) < 4.78 is 0. The van der Waals surface area contributed by atoms with Gasteiger partial charge in [0.25, 0.3) is 5.91 Å². The molecule has 0 saturated carbocycles. The van der Waals surface area contributed by atoms with Crippen LogP contribution in [0, 0.1) is 12.8 Å². The van der Waals surface area contributed by atoms with Crippen molar-refractivity contribution >= 4 is 5.91 Å². The lowest BCUT2D eigenvalue weighted by atomic mass is 10.0. The Morgan fingerprint density at radius 3 is 2.56 bits per heavy atom. The summed E-state index contributed by atoms with van der Waals surface area (Å²) in [7, 11) is 0. The van der Waals surface area contributed by atoms with Crippen molar-refractivity contribution in [3.63, 3.8) is 0 Å². The standard InChI is InChI=1S/C14H21NO3/c1-9(2)6-11(8-16)15-14(18)12-5-4-10(3)7-13(12)17/h4-5,7,9,11,16-17H,6,8H2,1-3H3,(H,15,18). The molecule has 0 fully saturated rings. The molecule has 4 nitrogen and oxygen atoms in total. The van der Waals surface area contributed by atoms with Crippen LogP contribution in [0.2, 0.25) is 0 Å². The number of aromatic hydroxyl groups is 1. The van der Waals surface area contributed by atoms with Gasteiger partial charge in [-0.3, -0.25) is 4.79 Å². The van der Waals surface area contributed by atoms with Crippen molar-refractivity contribution in [1.82, 2.24) is 5.32 Å². The zero-order chi connectivity index (χ0) is 13.7. The molecule has 0 heterocycles. The molecule has 0 radical (unpaired) electrons. The maximum absolute atomic E-state index is 11.9. The highest BCUT2D eigenvalue weighted by Crippen LogP contribution is 2.18. The number of carbonyl (C=O) groups excluding carboxylic acids is 1. The molecule has 3 N–H and O–H groups in total. The van der Waals surface area contributed by atoms with Gasteiger partial charge in [-0.1, -0.05) is 19.9 Å². The van der Waals surface area contributed by atoms with Crippen LogP contribution in [-0.4, -0.2) is 28.8 Å². The number of aliphatic hydroxyl groups excluding tert-OH is 1. The maximum atomic E-state index is 11.9. The van der Waals surface area contributed by atoms with E-state index in [0.717, 1.165) is 5.56 Å². The second kappa shape index (κ2) is 6.40. The van der Waals surface area contributed by atoms with Gasteiger partial charge in [0.1, 0.15) is 5.75 Å². The number of rotatable bonds is 5. The molecule has 1 amide bonds. The number of aryl methyl sites for hydroxylation is 1. The molecule has 4 heteroatoms. The van der Waals surface area contributed by atoms with Gasteiger partial charge in [0, 0.05) is 0 Å². The molecule has 1 rings (SSSR count). The molecule has 0 aromatic heterocycles. The van der Waals surface area contributed by atoms with Crippen molar-refractivity contribution < 1.29 is 15.0 Å². The van der Waals surface area contributed by atoms with Crippen LogP contribution in [0.3, 0.4) is 0 Å². The Balaban J connectivity index is 2.74. The van der Waals surface area contributed by atoms with Crippen molar-refractivity contribution in [3.8, 4) is 5.75 Å². The van der Waals surface area contributed by atoms with Crippen LogP contribution in [-0.2, 0) is 0 Å². The Bertz CT molecular complexity index is 416. The minimum absolute atomic E-state index is 0.0336. The number of phenols is 1. The molecule has 1 atom stereocenters. The van der Waals surface area contributed by atoms with E-state index < -0.39 is 0 Å². The Kier molecular flexibility index (Phi) is 5.16. The van der Waals surface area contributed by atoms with Crippen LogP contribution in [0.5, 0.6) is 5.75 Å². The molecule has 1 aromatic carbocycles. The average Bonchev–Trinajstić information content (AvgIpc) is 2.27. The molecular weight excluding hydrogens is 230 g/mol. The Morgan fingerprint density at radius 1 is 1.39 bits per heavy atom. The topological polar surface area (TPSA) is 69.6 Å². The first kappa shape index (κ1) is 14.5. The minimum atomic E-state index is -0.354. The smallest absolute Gasteiger partial charge is 0.255 e. The largest absolute Gasteiger partial charge is 0.507 e. The fourth-order valence-electron chi connectivity index (χ4n) is 1.84. The Labute approximate surface area is 108 Å². The summed E-state index contributed by atoms with van der Waals surface area (Å²) in [5.74, 6) is -0.00463. The van der Waals surface area contributed by atoms with Crippen molar-refractivity contribution in [2.45, 2.75) is 33.2 Å². The van der Waals surface area contributed by atoms with E-state index in [1.165, 1.54) is 0 Å². The second-order valence-electron chi connectivity index (χ2n) is 5.00. The number of carbonyl (C=O) groups is 1. The van der Waals surface area contributed by atoms with E-state index in [9.17, 15) is 15.0 Å². The van der Waals surface area contributed by atoms with Crippen molar-refractivity contribution in [1.29, 1.82) is 0 Å². The number of aliphatic hydroxyl groups is 1. The van der Waals surface area contributed by atoms with E-state index in [1.54, 1.807) is 18.2 Å². The normalized spacial score (nSPS) is 12.5. The average molecular weight is 251 g/mol. The van der Waals surface area contributed by atoms with Gasteiger partial charge >= 0.3 is 0 Å². The van der Waals surface area contributed by atoms with Crippen molar-refractivity contribution in [2.24, 2.45) is 5.92 Å². The highest BCUT2D eigenvalue weighted by Gasteiger charge is 2.16. The predicted molar refractivity (Wildman–Crippen MR) is 70.6 cm³/mol. The quantitative estimate of drug-likeness (QED) is 0.748. The molecule has 100 valence electrons. The summed E-state index contributed by atoms with van der Waals surface area (Å²) >= 11 is 0. The summed E-state index contributed by atoms with van der Waals surface area (Å²) in [6.45, 7) is 5.80. The molecule has 0 spiro atoms. The number of phenolic OH excluding ortho intramolecular Hbond substituents is 1. The van der Waals surface area contributed by atoms with E-state index >= 15 is 0 Å². The maximum Gasteiger partial charge on any atom is 0.255 e. The van der Waals surface area contributed by atoms with Gasteiger partial charge in [0.15, 0.2) is 0 Å². The SMILES string of the molecule is Cc1ccc(C(=O)NC(CO)CC(C)C)c(O)c1. The summed E-state index contributed by atoms with van der Waals surface area (Å²) in [4.78, 5) is 11.9. The van der Waals surface area contributed by atoms with Crippen LogP contribution < -0.4 is 5.32 Å². The first-order valence-corrected chi connectivity index (χ1v) is 6.15. The molecular formula is C14H21NO3. The number of nitrogens with one attached hydrogen (secondary N) is 1. The number of benzene rings is 1. The Morgan fingerprint density at radius 2 is 2.06 bits per heavy atom. The number of hydrogen-bond acceptors (Lipinski definition) is 3. The lowest BCUT2D eigenvalue weighted by Crippen LogP contribution is -2.38. The molecule has 0 aliphatic rings.